The Morgan fingerprint density at radius 2 is 1.49 bits per heavy atom. The monoisotopic (exact) mass is 617 g/mol. The van der Waals surface area contributed by atoms with Gasteiger partial charge >= 0.3 is 0 Å². The second-order valence-electron chi connectivity index (χ2n) is 10.5. The van der Waals surface area contributed by atoms with Gasteiger partial charge < -0.3 is 10.2 Å². The van der Waals surface area contributed by atoms with Crippen molar-refractivity contribution in [1.82, 2.24) is 10.2 Å². The summed E-state index contributed by atoms with van der Waals surface area (Å²) in [4.78, 5) is 28.9. The van der Waals surface area contributed by atoms with E-state index in [2.05, 4.69) is 5.32 Å². The summed E-state index contributed by atoms with van der Waals surface area (Å²) in [6.45, 7) is 9.59. The fourth-order valence-electron chi connectivity index (χ4n) is 4.26. The highest BCUT2D eigenvalue weighted by atomic mass is 35.5. The van der Waals surface area contributed by atoms with E-state index in [9.17, 15) is 18.0 Å². The van der Waals surface area contributed by atoms with Crippen LogP contribution in [0.2, 0.25) is 10.0 Å². The van der Waals surface area contributed by atoms with E-state index in [4.69, 9.17) is 23.2 Å². The predicted octanol–water partition coefficient (Wildman–Crippen LogP) is 6.39. The number of nitrogens with one attached hydrogen (secondary N) is 1. The number of hydrogen-bond acceptors (Lipinski definition) is 4. The van der Waals surface area contributed by atoms with Crippen molar-refractivity contribution < 1.29 is 18.0 Å². The van der Waals surface area contributed by atoms with E-state index in [1.54, 1.807) is 18.2 Å². The minimum atomic E-state index is -4.25. The van der Waals surface area contributed by atoms with Gasteiger partial charge in [-0.05, 0) is 62.1 Å². The first kappa shape index (κ1) is 32.4. The minimum absolute atomic E-state index is 0.00116. The van der Waals surface area contributed by atoms with Crippen molar-refractivity contribution in [2.75, 3.05) is 17.4 Å². The second-order valence-corrected chi connectivity index (χ2v) is 13.2. The molecule has 1 atom stereocenters. The number of nitrogens with zero attached hydrogens (tertiary/aromatic N) is 2. The molecular weight excluding hydrogens is 581 g/mol. The van der Waals surface area contributed by atoms with E-state index in [-0.39, 0.29) is 39.0 Å². The molecule has 3 aromatic carbocycles. The molecule has 0 saturated carbocycles. The zero-order chi connectivity index (χ0) is 30.3. The highest BCUT2D eigenvalue weighted by Crippen LogP contribution is 2.33. The number of rotatable bonds is 12. The maximum Gasteiger partial charge on any atom is 0.264 e. The third-order valence-electron chi connectivity index (χ3n) is 6.61. The smallest absolute Gasteiger partial charge is 0.264 e. The molecule has 1 N–H and O–H groups in total. The number of carbonyl (C=O) groups excluding carboxylic acids is 2. The summed E-state index contributed by atoms with van der Waals surface area (Å²) >= 11 is 12.7. The molecule has 0 aliphatic carbocycles. The van der Waals surface area contributed by atoms with E-state index in [1.165, 1.54) is 29.2 Å². The van der Waals surface area contributed by atoms with Crippen molar-refractivity contribution in [3.05, 3.63) is 93.5 Å². The van der Waals surface area contributed by atoms with E-state index in [0.29, 0.717) is 13.0 Å². The van der Waals surface area contributed by atoms with Crippen LogP contribution in [0.15, 0.2) is 71.6 Å². The maximum atomic E-state index is 14.1. The summed E-state index contributed by atoms with van der Waals surface area (Å²) in [6, 6.07) is 17.6. The Bertz CT molecular complexity index is 1460. The van der Waals surface area contributed by atoms with Crippen LogP contribution in [0, 0.1) is 19.8 Å². The Kier molecular flexibility index (Phi) is 11.2. The highest BCUT2D eigenvalue weighted by Gasteiger charge is 2.34. The number of halogens is 2. The van der Waals surface area contributed by atoms with Crippen LogP contribution < -0.4 is 9.62 Å². The van der Waals surface area contributed by atoms with Crippen LogP contribution in [0.5, 0.6) is 0 Å². The average molecular weight is 619 g/mol. The van der Waals surface area contributed by atoms with Crippen LogP contribution in [0.4, 0.5) is 5.69 Å². The van der Waals surface area contributed by atoms with Crippen molar-refractivity contribution in [2.45, 2.75) is 58.5 Å². The largest absolute Gasteiger partial charge is 0.354 e. The third-order valence-corrected chi connectivity index (χ3v) is 8.94. The average Bonchev–Trinajstić information content (AvgIpc) is 2.93. The van der Waals surface area contributed by atoms with Crippen molar-refractivity contribution in [3.63, 3.8) is 0 Å². The third kappa shape index (κ3) is 8.47. The Morgan fingerprint density at radius 3 is 2.05 bits per heavy atom. The molecule has 3 aromatic rings. The van der Waals surface area contributed by atoms with Gasteiger partial charge in [-0.25, -0.2) is 8.42 Å². The molecule has 0 bridgehead atoms. The number of amides is 2. The number of sulfonamides is 1. The lowest BCUT2D eigenvalue weighted by Crippen LogP contribution is -2.52. The lowest BCUT2D eigenvalue weighted by Gasteiger charge is -2.33. The molecule has 1 unspecified atom stereocenters. The van der Waals surface area contributed by atoms with Gasteiger partial charge in [0, 0.05) is 18.1 Å². The standard InChI is InChI=1S/C31H37Cl2N3O4S/c1-6-28(31(38)34-18-21(2)3)35(19-24-11-7-22(4)8-12-24)30(37)20-36(29-17-25(32)13-16-27(29)33)41(39,40)26-14-9-23(5)10-15-26/h7-17,21,28H,6,18-20H2,1-5H3,(H,34,38). The molecule has 0 aliphatic heterocycles. The van der Waals surface area contributed by atoms with Gasteiger partial charge in [-0.1, -0.05) is 91.5 Å². The van der Waals surface area contributed by atoms with Crippen molar-refractivity contribution in [1.29, 1.82) is 0 Å². The highest BCUT2D eigenvalue weighted by molar-refractivity contribution is 7.92. The van der Waals surface area contributed by atoms with Gasteiger partial charge in [-0.3, -0.25) is 13.9 Å². The van der Waals surface area contributed by atoms with Crippen molar-refractivity contribution >= 4 is 50.7 Å². The number of hydrogen-bond donors (Lipinski definition) is 1. The van der Waals surface area contributed by atoms with Crippen LogP contribution in [0.3, 0.4) is 0 Å². The molecule has 0 aromatic heterocycles. The molecule has 41 heavy (non-hydrogen) atoms. The normalized spacial score (nSPS) is 12.2. The fourth-order valence-corrected chi connectivity index (χ4v) is 6.12. The quantitative estimate of drug-likeness (QED) is 0.255. The van der Waals surface area contributed by atoms with Gasteiger partial charge in [-0.2, -0.15) is 0 Å². The van der Waals surface area contributed by atoms with Crippen LogP contribution in [-0.4, -0.2) is 44.3 Å². The molecule has 0 heterocycles. The summed E-state index contributed by atoms with van der Waals surface area (Å²) in [5.74, 6) is -0.628. The van der Waals surface area contributed by atoms with Gasteiger partial charge in [0.2, 0.25) is 11.8 Å². The van der Waals surface area contributed by atoms with Crippen molar-refractivity contribution in [2.24, 2.45) is 5.92 Å². The predicted molar refractivity (Wildman–Crippen MR) is 166 cm³/mol. The van der Waals surface area contributed by atoms with Gasteiger partial charge in [-0.15, -0.1) is 0 Å². The van der Waals surface area contributed by atoms with E-state index in [0.717, 1.165) is 21.0 Å². The lowest BCUT2D eigenvalue weighted by atomic mass is 10.1. The number of aryl methyl sites for hydroxylation is 2. The van der Waals surface area contributed by atoms with E-state index < -0.39 is 28.5 Å². The Morgan fingerprint density at radius 1 is 0.902 bits per heavy atom. The molecule has 0 saturated heterocycles. The number of anilines is 1. The van der Waals surface area contributed by atoms with Crippen molar-refractivity contribution in [3.8, 4) is 0 Å². The first-order valence-electron chi connectivity index (χ1n) is 13.5. The summed E-state index contributed by atoms with van der Waals surface area (Å²) < 4.78 is 28.9. The topological polar surface area (TPSA) is 86.8 Å². The minimum Gasteiger partial charge on any atom is -0.354 e. The molecule has 3 rings (SSSR count). The van der Waals surface area contributed by atoms with Crippen LogP contribution >= 0.6 is 23.2 Å². The molecular formula is C31H37Cl2N3O4S. The molecule has 7 nitrogen and oxygen atoms in total. The Balaban J connectivity index is 2.08. The molecule has 0 fully saturated rings. The van der Waals surface area contributed by atoms with Crippen LogP contribution in [0.25, 0.3) is 0 Å². The zero-order valence-corrected chi connectivity index (χ0v) is 26.4. The second kappa shape index (κ2) is 14.2. The van der Waals surface area contributed by atoms with E-state index in [1.807, 2.05) is 58.9 Å². The first-order chi connectivity index (χ1) is 19.3. The SMILES string of the molecule is CCC(C(=O)NCC(C)C)N(Cc1ccc(C)cc1)C(=O)CN(c1cc(Cl)ccc1Cl)S(=O)(=O)c1ccc(C)cc1. The maximum absolute atomic E-state index is 14.1. The zero-order valence-electron chi connectivity index (χ0n) is 24.0. The molecule has 2 amide bonds. The summed E-state index contributed by atoms with van der Waals surface area (Å²) in [5.41, 5.74) is 2.82. The molecule has 0 spiro atoms. The van der Waals surface area contributed by atoms with Gasteiger partial charge in [0.05, 0.1) is 15.6 Å². The molecule has 220 valence electrons. The van der Waals surface area contributed by atoms with Gasteiger partial charge in [0.15, 0.2) is 0 Å². The van der Waals surface area contributed by atoms with Gasteiger partial charge in [0.25, 0.3) is 10.0 Å². The Labute approximate surface area is 253 Å². The summed E-state index contributed by atoms with van der Waals surface area (Å²) in [5, 5.41) is 3.30. The lowest BCUT2D eigenvalue weighted by molar-refractivity contribution is -0.140. The molecule has 10 heteroatoms. The molecule has 0 radical (unpaired) electrons. The van der Waals surface area contributed by atoms with Crippen LogP contribution in [-0.2, 0) is 26.2 Å². The Hall–Kier alpha value is -3.07. The summed E-state index contributed by atoms with van der Waals surface area (Å²) in [7, 11) is -4.25. The van der Waals surface area contributed by atoms with Crippen LogP contribution in [0.1, 0.15) is 43.9 Å². The first-order valence-corrected chi connectivity index (χ1v) is 15.7. The summed E-state index contributed by atoms with van der Waals surface area (Å²) in [6.07, 6.45) is 0.337. The number of benzene rings is 3. The number of carbonyl (C=O) groups is 2. The fraction of sp³-hybridized carbons (Fsp3) is 0.355. The van der Waals surface area contributed by atoms with Gasteiger partial charge in [0.1, 0.15) is 12.6 Å². The molecule has 0 aliphatic rings. The van der Waals surface area contributed by atoms with E-state index >= 15 is 0 Å².